The molecule has 6 N–H and O–H groups in total. The fourth-order valence-electron chi connectivity index (χ4n) is 5.71. The third kappa shape index (κ3) is 6.43. The zero-order valence-electron chi connectivity index (χ0n) is 23.7. The number of nitrogens with zero attached hydrogens (tertiary/aromatic N) is 3. The number of hydrogen-bond acceptors (Lipinski definition) is 6. The van der Waals surface area contributed by atoms with Crippen molar-refractivity contribution in [2.45, 2.75) is 38.5 Å². The molecule has 2 atom stereocenters. The molecule has 12 heteroatoms. The molecule has 43 heavy (non-hydrogen) atoms. The average Bonchev–Trinajstić information content (AvgIpc) is 3.55. The molecule has 9 nitrogen and oxygen atoms in total. The lowest BCUT2D eigenvalue weighted by Gasteiger charge is -2.30. The van der Waals surface area contributed by atoms with Crippen molar-refractivity contribution in [2.75, 3.05) is 34.9 Å². The minimum Gasteiger partial charge on any atom is -0.384 e. The summed E-state index contributed by atoms with van der Waals surface area (Å²) in [6.07, 6.45) is -3.19. The van der Waals surface area contributed by atoms with Crippen LogP contribution in [0.1, 0.15) is 40.4 Å². The van der Waals surface area contributed by atoms with Gasteiger partial charge in [-0.25, -0.2) is 5.01 Å². The molecule has 1 fully saturated rings. The molecule has 2 aliphatic heterocycles. The molecule has 3 aromatic rings. The Balaban J connectivity index is 1.39. The van der Waals surface area contributed by atoms with Crippen LogP contribution >= 0.6 is 0 Å². The molecule has 3 aromatic carbocycles. The molecular weight excluding hydrogens is 559 g/mol. The Hall–Kier alpha value is -4.58. The van der Waals surface area contributed by atoms with E-state index in [1.807, 2.05) is 17.9 Å². The van der Waals surface area contributed by atoms with E-state index < -0.39 is 24.0 Å². The normalized spacial score (nSPS) is 18.5. The van der Waals surface area contributed by atoms with Crippen molar-refractivity contribution < 1.29 is 22.8 Å². The van der Waals surface area contributed by atoms with E-state index in [2.05, 4.69) is 5.32 Å². The van der Waals surface area contributed by atoms with E-state index in [4.69, 9.17) is 16.9 Å². The molecule has 1 saturated heterocycles. The average molecular weight is 594 g/mol. The number of alkyl halides is 3. The number of carbonyl (C=O) groups is 2. The van der Waals surface area contributed by atoms with Gasteiger partial charge in [-0.3, -0.25) is 15.0 Å². The highest BCUT2D eigenvalue weighted by Gasteiger charge is 2.46. The first kappa shape index (κ1) is 29.9. The molecule has 2 unspecified atom stereocenters. The lowest BCUT2D eigenvalue weighted by molar-refractivity contribution is -0.167. The molecular formula is C31H34F3N7O2. The van der Waals surface area contributed by atoms with Crippen molar-refractivity contribution >= 4 is 34.7 Å². The third-order valence-electron chi connectivity index (χ3n) is 7.91. The first-order valence-electron chi connectivity index (χ1n) is 14.1. The van der Waals surface area contributed by atoms with Crippen molar-refractivity contribution in [1.29, 1.82) is 5.41 Å². The van der Waals surface area contributed by atoms with Gasteiger partial charge in [0.05, 0.1) is 11.6 Å². The SMILES string of the molecule is CCCN1CC(C(F)(F)F)CN1c1cccc(NC(=O)C2Cc3ccc(C(=N)N)cc3N2Cc2ccc(C(N)=O)cc2)c1. The van der Waals surface area contributed by atoms with Gasteiger partial charge in [0.1, 0.15) is 11.9 Å². The Bertz CT molecular complexity index is 1530. The van der Waals surface area contributed by atoms with Crippen LogP contribution in [0.3, 0.4) is 0 Å². The Morgan fingerprint density at radius 3 is 2.37 bits per heavy atom. The highest BCUT2D eigenvalue weighted by molar-refractivity contribution is 6.00. The molecule has 226 valence electrons. The van der Waals surface area contributed by atoms with Gasteiger partial charge < -0.3 is 26.7 Å². The monoisotopic (exact) mass is 593 g/mol. The van der Waals surface area contributed by atoms with Crippen LogP contribution in [0.5, 0.6) is 0 Å². The molecule has 0 bridgehead atoms. The molecule has 0 spiro atoms. The Labute approximate surface area is 247 Å². The topological polar surface area (TPSA) is 132 Å². The molecule has 0 aliphatic carbocycles. The zero-order valence-corrected chi connectivity index (χ0v) is 23.7. The van der Waals surface area contributed by atoms with E-state index in [9.17, 15) is 22.8 Å². The number of nitrogens with one attached hydrogen (secondary N) is 2. The van der Waals surface area contributed by atoms with E-state index in [0.717, 1.165) is 16.8 Å². The number of amides is 2. The number of fused-ring (bicyclic) bond motifs is 1. The van der Waals surface area contributed by atoms with Crippen molar-refractivity contribution in [3.63, 3.8) is 0 Å². The van der Waals surface area contributed by atoms with Crippen LogP contribution in [0.2, 0.25) is 0 Å². The van der Waals surface area contributed by atoms with Crippen LogP contribution in [0.15, 0.2) is 66.7 Å². The second-order valence-electron chi connectivity index (χ2n) is 10.9. The first-order valence-corrected chi connectivity index (χ1v) is 14.1. The fourth-order valence-corrected chi connectivity index (χ4v) is 5.71. The quantitative estimate of drug-likeness (QED) is 0.217. The summed E-state index contributed by atoms with van der Waals surface area (Å²) < 4.78 is 40.7. The van der Waals surface area contributed by atoms with Crippen LogP contribution in [-0.2, 0) is 17.8 Å². The minimum absolute atomic E-state index is 0.0925. The lowest BCUT2D eigenvalue weighted by atomic mass is 10.1. The van der Waals surface area contributed by atoms with Gasteiger partial charge in [-0.2, -0.15) is 13.2 Å². The molecule has 2 aliphatic rings. The number of nitrogens with two attached hydrogens (primary N) is 2. The van der Waals surface area contributed by atoms with Gasteiger partial charge >= 0.3 is 6.18 Å². The van der Waals surface area contributed by atoms with Crippen LogP contribution in [0.25, 0.3) is 0 Å². The van der Waals surface area contributed by atoms with Gasteiger partial charge in [-0.05, 0) is 53.9 Å². The third-order valence-corrected chi connectivity index (χ3v) is 7.91. The number of hydrazine groups is 1. The smallest absolute Gasteiger partial charge is 0.384 e. The number of nitrogen functional groups attached to an aromatic ring is 1. The van der Waals surface area contributed by atoms with Gasteiger partial charge in [0.15, 0.2) is 0 Å². The standard InChI is InChI=1S/C31H34F3N7O2/c1-2-12-39-17-23(31(32,33)34)18-41(39)25-5-3-4-24(15-25)38-30(43)27-13-21-10-11-22(28(35)36)14-26(21)40(27)16-19-6-8-20(9-7-19)29(37)42/h3-11,14-15,23,27H,2,12-13,16-18H2,1H3,(H3,35,36)(H2,37,42)(H,38,43). The highest BCUT2D eigenvalue weighted by atomic mass is 19.4. The maximum atomic E-state index is 13.8. The maximum Gasteiger partial charge on any atom is 0.394 e. The summed E-state index contributed by atoms with van der Waals surface area (Å²) in [5.74, 6) is -2.37. The summed E-state index contributed by atoms with van der Waals surface area (Å²) in [5, 5.41) is 14.2. The van der Waals surface area contributed by atoms with E-state index in [1.165, 1.54) is 0 Å². The van der Waals surface area contributed by atoms with Crippen LogP contribution in [0, 0.1) is 11.3 Å². The maximum absolute atomic E-state index is 13.8. The second kappa shape index (κ2) is 12.0. The van der Waals surface area contributed by atoms with Crippen LogP contribution in [0.4, 0.5) is 30.2 Å². The second-order valence-corrected chi connectivity index (χ2v) is 10.9. The van der Waals surface area contributed by atoms with Crippen molar-refractivity contribution in [3.05, 3.63) is 89.0 Å². The Kier molecular flexibility index (Phi) is 8.32. The number of benzene rings is 3. The van der Waals surface area contributed by atoms with E-state index >= 15 is 0 Å². The summed E-state index contributed by atoms with van der Waals surface area (Å²) in [6.45, 7) is 2.46. The summed E-state index contributed by atoms with van der Waals surface area (Å²) in [4.78, 5) is 27.2. The highest BCUT2D eigenvalue weighted by Crippen LogP contribution is 2.37. The van der Waals surface area contributed by atoms with Crippen LogP contribution in [-0.4, -0.2) is 54.5 Å². The van der Waals surface area contributed by atoms with Gasteiger partial charge in [0.2, 0.25) is 11.8 Å². The number of primary amides is 1. The van der Waals surface area contributed by atoms with E-state index in [1.54, 1.807) is 70.7 Å². The van der Waals surface area contributed by atoms with Crippen LogP contribution < -0.4 is 26.7 Å². The largest absolute Gasteiger partial charge is 0.394 e. The van der Waals surface area contributed by atoms with Crippen molar-refractivity contribution in [1.82, 2.24) is 5.01 Å². The molecule has 2 amide bonds. The van der Waals surface area contributed by atoms with Gasteiger partial charge in [-0.1, -0.05) is 37.3 Å². The summed E-state index contributed by atoms with van der Waals surface area (Å²) >= 11 is 0. The van der Waals surface area contributed by atoms with Crippen molar-refractivity contribution in [2.24, 2.45) is 17.4 Å². The molecule has 2 heterocycles. The lowest BCUT2D eigenvalue weighted by Crippen LogP contribution is -2.41. The van der Waals surface area contributed by atoms with Crippen molar-refractivity contribution in [3.8, 4) is 0 Å². The molecule has 0 saturated carbocycles. The summed E-state index contributed by atoms with van der Waals surface area (Å²) in [5.41, 5.74) is 15.6. The minimum atomic E-state index is -4.30. The first-order chi connectivity index (χ1) is 20.4. The number of hydrogen-bond donors (Lipinski definition) is 4. The molecule has 0 aromatic heterocycles. The number of anilines is 3. The molecule has 5 rings (SSSR count). The zero-order chi connectivity index (χ0) is 30.9. The Morgan fingerprint density at radius 2 is 1.72 bits per heavy atom. The predicted molar refractivity (Wildman–Crippen MR) is 160 cm³/mol. The number of halogens is 3. The van der Waals surface area contributed by atoms with Gasteiger partial charge in [-0.15, -0.1) is 0 Å². The van der Waals surface area contributed by atoms with E-state index in [-0.39, 0.29) is 24.8 Å². The van der Waals surface area contributed by atoms with Gasteiger partial charge in [0, 0.05) is 55.1 Å². The number of rotatable bonds is 9. The summed E-state index contributed by atoms with van der Waals surface area (Å²) in [6, 6.07) is 18.5. The van der Waals surface area contributed by atoms with Gasteiger partial charge in [0.25, 0.3) is 0 Å². The fraction of sp³-hybridized carbons (Fsp3) is 0.323. The van der Waals surface area contributed by atoms with E-state index in [0.29, 0.717) is 48.4 Å². The number of amidine groups is 1. The number of carbonyl (C=O) groups excluding carboxylic acids is 2. The predicted octanol–water partition coefficient (Wildman–Crippen LogP) is 4.27. The Morgan fingerprint density at radius 1 is 1.00 bits per heavy atom. The summed E-state index contributed by atoms with van der Waals surface area (Å²) in [7, 11) is 0. The molecule has 0 radical (unpaired) electrons.